The van der Waals surface area contributed by atoms with Gasteiger partial charge in [0.05, 0.1) is 0 Å². The first kappa shape index (κ1) is 9.40. The van der Waals surface area contributed by atoms with E-state index in [1.807, 2.05) is 11.8 Å². The first-order chi connectivity index (χ1) is 5.27. The largest absolute Gasteiger partial charge is 0.325 e. The van der Waals surface area contributed by atoms with Gasteiger partial charge in [-0.15, -0.1) is 0 Å². The van der Waals surface area contributed by atoms with Crippen LogP contribution in [-0.2, 0) is 0 Å². The van der Waals surface area contributed by atoms with Gasteiger partial charge in [0.1, 0.15) is 0 Å². The highest BCUT2D eigenvalue weighted by atomic mass is 32.2. The summed E-state index contributed by atoms with van der Waals surface area (Å²) in [4.78, 5) is 0. The number of thioether (sulfide) groups is 1. The molecule has 2 heteroatoms. The van der Waals surface area contributed by atoms with Crippen LogP contribution in [-0.4, -0.2) is 17.0 Å². The molecule has 0 atom stereocenters. The Morgan fingerprint density at radius 2 is 2.00 bits per heavy atom. The Morgan fingerprint density at radius 1 is 1.36 bits per heavy atom. The lowest BCUT2D eigenvalue weighted by atomic mass is 9.96. The summed E-state index contributed by atoms with van der Waals surface area (Å²) < 4.78 is 0. The number of hydrogen-bond donors (Lipinski definition) is 1. The van der Waals surface area contributed by atoms with Crippen LogP contribution in [0.15, 0.2) is 0 Å². The Hall–Kier alpha value is 0.310. The lowest BCUT2D eigenvalue weighted by Crippen LogP contribution is -2.36. The van der Waals surface area contributed by atoms with Gasteiger partial charge in [0.15, 0.2) is 0 Å². The molecule has 0 heterocycles. The van der Waals surface area contributed by atoms with Crippen molar-refractivity contribution in [1.82, 2.24) is 0 Å². The summed E-state index contributed by atoms with van der Waals surface area (Å²) in [5, 5.41) is 0. The molecule has 1 aliphatic carbocycles. The summed E-state index contributed by atoms with van der Waals surface area (Å²) in [5.74, 6) is 2.49. The standard InChI is InChI=1S/C9H19NS/c1-2-11-8-7-9(10)5-3-4-6-9/h2-8,10H2,1H3. The van der Waals surface area contributed by atoms with Gasteiger partial charge >= 0.3 is 0 Å². The molecule has 0 radical (unpaired) electrons. The zero-order valence-corrected chi connectivity index (χ0v) is 8.25. The third kappa shape index (κ3) is 3.04. The molecule has 1 nitrogen and oxygen atoms in total. The average Bonchev–Trinajstić information content (AvgIpc) is 2.38. The van der Waals surface area contributed by atoms with E-state index in [0.717, 1.165) is 0 Å². The van der Waals surface area contributed by atoms with Crippen molar-refractivity contribution in [2.24, 2.45) is 5.73 Å². The highest BCUT2D eigenvalue weighted by molar-refractivity contribution is 7.99. The van der Waals surface area contributed by atoms with Crippen molar-refractivity contribution in [2.75, 3.05) is 11.5 Å². The Balaban J connectivity index is 2.13. The fourth-order valence-corrected chi connectivity index (χ4v) is 2.59. The van der Waals surface area contributed by atoms with Crippen LogP contribution in [0, 0.1) is 0 Å². The summed E-state index contributed by atoms with van der Waals surface area (Å²) in [5.41, 5.74) is 6.41. The summed E-state index contributed by atoms with van der Waals surface area (Å²) in [6, 6.07) is 0. The average molecular weight is 173 g/mol. The van der Waals surface area contributed by atoms with E-state index in [0.29, 0.717) is 0 Å². The molecule has 0 aromatic rings. The fourth-order valence-electron chi connectivity index (χ4n) is 1.75. The third-order valence-corrected chi connectivity index (χ3v) is 3.45. The smallest absolute Gasteiger partial charge is 0.0162 e. The Labute approximate surface area is 74.1 Å². The van der Waals surface area contributed by atoms with Gasteiger partial charge in [0.2, 0.25) is 0 Å². The molecule has 1 aliphatic rings. The van der Waals surface area contributed by atoms with Crippen molar-refractivity contribution in [3.8, 4) is 0 Å². The monoisotopic (exact) mass is 173 g/mol. The number of hydrogen-bond acceptors (Lipinski definition) is 2. The SMILES string of the molecule is CCSCCC1(N)CCCC1. The molecule has 1 rings (SSSR count). The van der Waals surface area contributed by atoms with Crippen LogP contribution < -0.4 is 5.73 Å². The molecule has 11 heavy (non-hydrogen) atoms. The highest BCUT2D eigenvalue weighted by Crippen LogP contribution is 2.30. The highest BCUT2D eigenvalue weighted by Gasteiger charge is 2.28. The van der Waals surface area contributed by atoms with Gasteiger partial charge in [0, 0.05) is 5.54 Å². The lowest BCUT2D eigenvalue weighted by molar-refractivity contribution is 0.428. The van der Waals surface area contributed by atoms with Gasteiger partial charge in [-0.1, -0.05) is 19.8 Å². The van der Waals surface area contributed by atoms with E-state index in [1.54, 1.807) is 0 Å². The first-order valence-electron chi connectivity index (χ1n) is 4.63. The summed E-state index contributed by atoms with van der Waals surface area (Å²) in [7, 11) is 0. The minimum absolute atomic E-state index is 0.224. The van der Waals surface area contributed by atoms with Crippen molar-refractivity contribution < 1.29 is 0 Å². The maximum atomic E-state index is 6.19. The minimum atomic E-state index is 0.224. The van der Waals surface area contributed by atoms with Gasteiger partial charge in [-0.25, -0.2) is 0 Å². The zero-order valence-electron chi connectivity index (χ0n) is 7.44. The summed E-state index contributed by atoms with van der Waals surface area (Å²) >= 11 is 2.01. The summed E-state index contributed by atoms with van der Waals surface area (Å²) in [6.45, 7) is 2.21. The van der Waals surface area contributed by atoms with Gasteiger partial charge < -0.3 is 5.73 Å². The van der Waals surface area contributed by atoms with Gasteiger partial charge in [-0.2, -0.15) is 11.8 Å². The molecular weight excluding hydrogens is 154 g/mol. The maximum absolute atomic E-state index is 6.19. The van der Waals surface area contributed by atoms with Gasteiger partial charge in [-0.3, -0.25) is 0 Å². The minimum Gasteiger partial charge on any atom is -0.325 e. The van der Waals surface area contributed by atoms with Crippen LogP contribution in [0.1, 0.15) is 39.0 Å². The molecular formula is C9H19NS. The van der Waals surface area contributed by atoms with Crippen LogP contribution in [0.2, 0.25) is 0 Å². The molecule has 0 spiro atoms. The molecule has 0 saturated heterocycles. The molecule has 1 saturated carbocycles. The quantitative estimate of drug-likeness (QED) is 0.661. The first-order valence-corrected chi connectivity index (χ1v) is 5.79. The Kier molecular flexibility index (Phi) is 3.73. The molecule has 2 N–H and O–H groups in total. The third-order valence-electron chi connectivity index (χ3n) is 2.55. The van der Waals surface area contributed by atoms with E-state index < -0.39 is 0 Å². The molecule has 0 unspecified atom stereocenters. The van der Waals surface area contributed by atoms with E-state index in [4.69, 9.17) is 5.73 Å². The van der Waals surface area contributed by atoms with Crippen molar-refractivity contribution in [3.63, 3.8) is 0 Å². The second-order valence-corrected chi connectivity index (χ2v) is 4.91. The van der Waals surface area contributed by atoms with Crippen molar-refractivity contribution in [2.45, 2.75) is 44.6 Å². The lowest BCUT2D eigenvalue weighted by Gasteiger charge is -2.22. The van der Waals surface area contributed by atoms with Crippen molar-refractivity contribution in [1.29, 1.82) is 0 Å². The Bertz CT molecular complexity index is 108. The second-order valence-electron chi connectivity index (χ2n) is 3.52. The number of nitrogens with two attached hydrogens (primary N) is 1. The molecule has 0 bridgehead atoms. The van der Waals surface area contributed by atoms with Crippen LogP contribution in [0.25, 0.3) is 0 Å². The topological polar surface area (TPSA) is 26.0 Å². The van der Waals surface area contributed by atoms with Crippen LogP contribution in [0.3, 0.4) is 0 Å². The van der Waals surface area contributed by atoms with E-state index >= 15 is 0 Å². The normalized spacial score (nSPS) is 22.4. The van der Waals surface area contributed by atoms with E-state index in [-0.39, 0.29) is 5.54 Å². The van der Waals surface area contributed by atoms with E-state index in [1.165, 1.54) is 43.6 Å². The molecule has 66 valence electrons. The number of rotatable bonds is 4. The Morgan fingerprint density at radius 3 is 2.55 bits per heavy atom. The predicted molar refractivity (Wildman–Crippen MR) is 53.0 cm³/mol. The maximum Gasteiger partial charge on any atom is 0.0162 e. The summed E-state index contributed by atoms with van der Waals surface area (Å²) in [6.07, 6.45) is 6.46. The van der Waals surface area contributed by atoms with Crippen LogP contribution in [0.4, 0.5) is 0 Å². The van der Waals surface area contributed by atoms with Gasteiger partial charge in [-0.05, 0) is 30.8 Å². The van der Waals surface area contributed by atoms with Crippen LogP contribution in [0.5, 0.6) is 0 Å². The van der Waals surface area contributed by atoms with E-state index in [2.05, 4.69) is 6.92 Å². The zero-order chi connectivity index (χ0) is 8.16. The molecule has 0 aromatic heterocycles. The fraction of sp³-hybridized carbons (Fsp3) is 1.00. The van der Waals surface area contributed by atoms with Gasteiger partial charge in [0.25, 0.3) is 0 Å². The predicted octanol–water partition coefficient (Wildman–Crippen LogP) is 2.40. The van der Waals surface area contributed by atoms with Crippen molar-refractivity contribution in [3.05, 3.63) is 0 Å². The van der Waals surface area contributed by atoms with Crippen LogP contribution >= 0.6 is 11.8 Å². The molecule has 1 fully saturated rings. The van der Waals surface area contributed by atoms with Crippen molar-refractivity contribution >= 4 is 11.8 Å². The molecule has 0 aromatic carbocycles. The second kappa shape index (κ2) is 4.36. The molecule has 0 amide bonds. The molecule has 0 aliphatic heterocycles. The van der Waals surface area contributed by atoms with E-state index in [9.17, 15) is 0 Å².